The van der Waals surface area contributed by atoms with Crippen LogP contribution in [-0.2, 0) is 22.4 Å². The van der Waals surface area contributed by atoms with Gasteiger partial charge in [-0.1, -0.05) is 37.3 Å². The molecule has 31 heavy (non-hydrogen) atoms. The first-order valence-corrected chi connectivity index (χ1v) is 11.6. The Hall–Kier alpha value is -2.62. The second kappa shape index (κ2) is 7.81. The number of Topliss-reactive ketones (excluding diaryl/α,β-unsaturated/α-hetero) is 1. The van der Waals surface area contributed by atoms with Gasteiger partial charge in [0.15, 0.2) is 0 Å². The molecule has 4 atom stereocenters. The van der Waals surface area contributed by atoms with Gasteiger partial charge in [0.25, 0.3) is 0 Å². The number of carbonyl (C=O) groups is 2. The van der Waals surface area contributed by atoms with Gasteiger partial charge in [0.05, 0.1) is 0 Å². The van der Waals surface area contributed by atoms with Gasteiger partial charge in [0, 0.05) is 29.9 Å². The summed E-state index contributed by atoms with van der Waals surface area (Å²) < 4.78 is 5.86. The maximum atomic E-state index is 12.7. The summed E-state index contributed by atoms with van der Waals surface area (Å²) in [6.45, 7) is 2.17. The number of carbonyl (C=O) groups excluding carboxylic acids is 2. The minimum Gasteiger partial charge on any atom is -0.508 e. The van der Waals surface area contributed by atoms with Crippen molar-refractivity contribution >= 4 is 11.8 Å². The molecule has 3 aliphatic carbocycles. The number of ketones is 1. The van der Waals surface area contributed by atoms with Gasteiger partial charge in [-0.15, -0.1) is 0 Å². The van der Waals surface area contributed by atoms with Crippen LogP contribution in [-0.4, -0.2) is 16.9 Å². The Balaban J connectivity index is 1.39. The molecule has 162 valence electrons. The van der Waals surface area contributed by atoms with Gasteiger partial charge < -0.3 is 9.84 Å². The molecule has 2 saturated carbocycles. The summed E-state index contributed by atoms with van der Waals surface area (Å²) in [6, 6.07) is 13.4. The highest BCUT2D eigenvalue weighted by Gasteiger charge is 2.55. The van der Waals surface area contributed by atoms with Crippen molar-refractivity contribution in [1.29, 1.82) is 0 Å². The molecule has 0 amide bonds. The van der Waals surface area contributed by atoms with Crippen molar-refractivity contribution in [1.82, 2.24) is 0 Å². The summed E-state index contributed by atoms with van der Waals surface area (Å²) in [6.07, 6.45) is 6.36. The number of phenolic OH excluding ortho intramolecular Hbond substituents is 1. The minimum absolute atomic E-state index is 0.153. The van der Waals surface area contributed by atoms with Gasteiger partial charge in [-0.3, -0.25) is 9.59 Å². The van der Waals surface area contributed by atoms with Crippen molar-refractivity contribution in [3.63, 3.8) is 0 Å². The first-order valence-electron chi connectivity index (χ1n) is 11.6. The number of phenols is 1. The molecule has 0 radical (unpaired) electrons. The summed E-state index contributed by atoms with van der Waals surface area (Å²) in [5.41, 5.74) is 3.13. The predicted molar refractivity (Wildman–Crippen MR) is 118 cm³/mol. The van der Waals surface area contributed by atoms with Crippen LogP contribution in [0.1, 0.15) is 68.1 Å². The third-order valence-corrected chi connectivity index (χ3v) is 8.16. The van der Waals surface area contributed by atoms with E-state index in [2.05, 4.69) is 6.92 Å². The molecule has 0 aromatic heterocycles. The Morgan fingerprint density at radius 3 is 2.74 bits per heavy atom. The standard InChI is InChI=1S/C27H30O4/c1-27-14-13-21-20(22(27)10-11-24(27)29)9-8-18-15-19(28)16-23(26(18)21)31-25(30)12-7-17-5-3-2-4-6-17/h2-6,15-16,20-22,28H,7-14H2,1H3/t20-,21+,22+,27+/m1/s1. The minimum atomic E-state index is -0.268. The zero-order chi connectivity index (χ0) is 21.6. The second-order valence-electron chi connectivity index (χ2n) is 9.81. The van der Waals surface area contributed by atoms with Gasteiger partial charge in [-0.05, 0) is 73.5 Å². The molecule has 3 aliphatic rings. The van der Waals surface area contributed by atoms with Crippen LogP contribution < -0.4 is 4.74 Å². The molecule has 0 saturated heterocycles. The average Bonchev–Trinajstić information content (AvgIpc) is 3.07. The number of esters is 1. The topological polar surface area (TPSA) is 63.6 Å². The van der Waals surface area contributed by atoms with Crippen LogP contribution in [0.15, 0.2) is 42.5 Å². The molecule has 4 nitrogen and oxygen atoms in total. The normalized spacial score (nSPS) is 29.1. The van der Waals surface area contributed by atoms with Gasteiger partial charge in [-0.25, -0.2) is 0 Å². The summed E-state index contributed by atoms with van der Waals surface area (Å²) in [4.78, 5) is 25.3. The lowest BCUT2D eigenvalue weighted by Crippen LogP contribution is -2.42. The molecule has 0 unspecified atom stereocenters. The van der Waals surface area contributed by atoms with Crippen molar-refractivity contribution < 1.29 is 19.4 Å². The number of aromatic hydroxyl groups is 1. The highest BCUT2D eigenvalue weighted by atomic mass is 16.5. The Morgan fingerprint density at radius 2 is 1.94 bits per heavy atom. The van der Waals surface area contributed by atoms with E-state index in [1.807, 2.05) is 36.4 Å². The van der Waals surface area contributed by atoms with Crippen LogP contribution in [0.5, 0.6) is 11.5 Å². The fraction of sp³-hybridized carbons (Fsp3) is 0.481. The monoisotopic (exact) mass is 418 g/mol. The summed E-state index contributed by atoms with van der Waals surface area (Å²) in [5.74, 6) is 2.00. The summed E-state index contributed by atoms with van der Waals surface area (Å²) in [5, 5.41) is 10.3. The number of hydrogen-bond donors (Lipinski definition) is 1. The lowest BCUT2D eigenvalue weighted by Gasteiger charge is -2.48. The van der Waals surface area contributed by atoms with Crippen molar-refractivity contribution in [2.75, 3.05) is 0 Å². The van der Waals surface area contributed by atoms with E-state index >= 15 is 0 Å². The molecular weight excluding hydrogens is 388 g/mol. The van der Waals surface area contributed by atoms with Crippen molar-refractivity contribution in [2.24, 2.45) is 17.3 Å². The molecular formula is C27H30O4. The third-order valence-electron chi connectivity index (χ3n) is 8.16. The Kier molecular flexibility index (Phi) is 5.11. The molecule has 0 aliphatic heterocycles. The van der Waals surface area contributed by atoms with E-state index in [1.165, 1.54) is 0 Å². The number of benzene rings is 2. The van der Waals surface area contributed by atoms with Crippen LogP contribution in [0.3, 0.4) is 0 Å². The molecule has 4 heteroatoms. The fourth-order valence-electron chi connectivity index (χ4n) is 6.59. The maximum Gasteiger partial charge on any atom is 0.311 e. The van der Waals surface area contributed by atoms with E-state index in [0.717, 1.165) is 48.8 Å². The largest absolute Gasteiger partial charge is 0.508 e. The molecule has 5 rings (SSSR count). The highest BCUT2D eigenvalue weighted by molar-refractivity contribution is 5.87. The van der Waals surface area contributed by atoms with Gasteiger partial charge in [-0.2, -0.15) is 0 Å². The average molecular weight is 419 g/mol. The van der Waals surface area contributed by atoms with Crippen LogP contribution >= 0.6 is 0 Å². The molecule has 2 fully saturated rings. The lowest BCUT2D eigenvalue weighted by molar-refractivity contribution is -0.134. The fourth-order valence-corrected chi connectivity index (χ4v) is 6.59. The zero-order valence-electron chi connectivity index (χ0n) is 18.1. The number of rotatable bonds is 4. The van der Waals surface area contributed by atoms with E-state index in [9.17, 15) is 14.7 Å². The van der Waals surface area contributed by atoms with E-state index in [0.29, 0.717) is 48.5 Å². The maximum absolute atomic E-state index is 12.7. The molecule has 0 heterocycles. The summed E-state index contributed by atoms with van der Waals surface area (Å²) in [7, 11) is 0. The van der Waals surface area contributed by atoms with Crippen molar-refractivity contribution in [2.45, 2.75) is 64.2 Å². The number of ether oxygens (including phenoxy) is 1. The summed E-state index contributed by atoms with van der Waals surface area (Å²) >= 11 is 0. The van der Waals surface area contributed by atoms with E-state index in [1.54, 1.807) is 6.07 Å². The van der Waals surface area contributed by atoms with Crippen LogP contribution in [0.25, 0.3) is 0 Å². The predicted octanol–water partition coefficient (Wildman–Crippen LogP) is 5.36. The van der Waals surface area contributed by atoms with E-state index < -0.39 is 0 Å². The molecule has 0 bridgehead atoms. The Labute approximate surface area is 183 Å². The van der Waals surface area contributed by atoms with Gasteiger partial charge in [0.2, 0.25) is 0 Å². The van der Waals surface area contributed by atoms with Crippen LogP contribution in [0.4, 0.5) is 0 Å². The first-order chi connectivity index (χ1) is 15.0. The van der Waals surface area contributed by atoms with Gasteiger partial charge >= 0.3 is 5.97 Å². The molecule has 0 spiro atoms. The Bertz CT molecular complexity index is 1010. The SMILES string of the molecule is C[C@]12CC[C@@H]3c4c(cc(O)cc4OC(=O)CCc4ccccc4)CC[C@H]3[C@@H]1CCC2=O. The smallest absolute Gasteiger partial charge is 0.311 e. The molecule has 2 aromatic carbocycles. The quantitative estimate of drug-likeness (QED) is 0.537. The number of fused-ring (bicyclic) bond motifs is 5. The van der Waals surface area contributed by atoms with Crippen molar-refractivity contribution in [3.05, 3.63) is 59.2 Å². The molecule has 1 N–H and O–H groups in total. The van der Waals surface area contributed by atoms with Crippen LogP contribution in [0, 0.1) is 17.3 Å². The Morgan fingerprint density at radius 1 is 1.13 bits per heavy atom. The first kappa shape index (κ1) is 20.3. The number of hydrogen-bond acceptors (Lipinski definition) is 4. The second-order valence-corrected chi connectivity index (χ2v) is 9.81. The van der Waals surface area contributed by atoms with E-state index in [4.69, 9.17) is 4.74 Å². The number of aryl methyl sites for hydroxylation is 2. The van der Waals surface area contributed by atoms with Gasteiger partial charge in [0.1, 0.15) is 17.3 Å². The highest BCUT2D eigenvalue weighted by Crippen LogP contribution is 2.60. The van der Waals surface area contributed by atoms with Crippen molar-refractivity contribution in [3.8, 4) is 11.5 Å². The van der Waals surface area contributed by atoms with Crippen LogP contribution in [0.2, 0.25) is 0 Å². The third kappa shape index (κ3) is 3.56. The molecule has 2 aromatic rings. The lowest BCUT2D eigenvalue weighted by atomic mass is 9.55. The van der Waals surface area contributed by atoms with E-state index in [-0.39, 0.29) is 17.1 Å². The zero-order valence-corrected chi connectivity index (χ0v) is 18.1.